The van der Waals surface area contributed by atoms with Crippen molar-refractivity contribution in [3.8, 4) is 0 Å². The molecule has 0 amide bonds. The summed E-state index contributed by atoms with van der Waals surface area (Å²) in [4.78, 5) is 11.1. The van der Waals surface area contributed by atoms with E-state index in [1.807, 2.05) is 0 Å². The molecule has 0 bridgehead atoms. The largest absolute Gasteiger partial charge is 0.299 e. The van der Waals surface area contributed by atoms with Gasteiger partial charge in [-0.05, 0) is 19.3 Å². The van der Waals surface area contributed by atoms with Gasteiger partial charge in [0.2, 0.25) is 0 Å². The minimum absolute atomic E-state index is 0.0556. The van der Waals surface area contributed by atoms with Crippen molar-refractivity contribution in [1.29, 1.82) is 0 Å². The maximum Gasteiger partial charge on any atom is 0.138 e. The maximum atomic E-state index is 11.1. The number of Topliss-reactive ketones (excluding diaryl/α,β-unsaturated/α-hetero) is 1. The summed E-state index contributed by atoms with van der Waals surface area (Å²) in [5.74, 6) is 0.477. The third-order valence-corrected chi connectivity index (χ3v) is 2.59. The summed E-state index contributed by atoms with van der Waals surface area (Å²) >= 11 is 0. The molecule has 9 heavy (non-hydrogen) atoms. The Morgan fingerprint density at radius 1 is 1.67 bits per heavy atom. The number of hydrogen-bond acceptors (Lipinski definition) is 1. The smallest absolute Gasteiger partial charge is 0.138 e. The van der Waals surface area contributed by atoms with Crippen LogP contribution in [-0.2, 0) is 4.79 Å². The van der Waals surface area contributed by atoms with E-state index >= 15 is 0 Å². The molecule has 0 aromatic carbocycles. The number of ketones is 1. The van der Waals surface area contributed by atoms with Gasteiger partial charge < -0.3 is 0 Å². The number of hydrogen-bond donors (Lipinski definition) is 0. The Balaban J connectivity index is 2.67. The molecule has 0 spiro atoms. The van der Waals surface area contributed by atoms with E-state index in [4.69, 9.17) is 0 Å². The van der Waals surface area contributed by atoms with Gasteiger partial charge in [-0.25, -0.2) is 0 Å². The summed E-state index contributed by atoms with van der Waals surface area (Å²) in [5, 5.41) is 0. The molecular formula is C8H14O. The number of rotatable bonds is 1. The Morgan fingerprint density at radius 3 is 2.56 bits per heavy atom. The molecular weight excluding hydrogens is 112 g/mol. The number of carbonyl (C=O) groups is 1. The molecule has 1 heteroatoms. The minimum Gasteiger partial charge on any atom is -0.299 e. The van der Waals surface area contributed by atoms with Crippen LogP contribution in [0.3, 0.4) is 0 Å². The average molecular weight is 126 g/mol. The third kappa shape index (κ3) is 1.00. The fourth-order valence-corrected chi connectivity index (χ4v) is 1.45. The fourth-order valence-electron chi connectivity index (χ4n) is 1.45. The van der Waals surface area contributed by atoms with Crippen LogP contribution >= 0.6 is 0 Å². The Bertz CT molecular complexity index is 129. The molecule has 52 valence electrons. The standard InChI is InChI=1S/C8H14O/c1-3-8(2)6-4-5-7(8)9/h3-6H2,1-2H3. The van der Waals surface area contributed by atoms with Gasteiger partial charge in [0.15, 0.2) is 0 Å². The Hall–Kier alpha value is -0.330. The lowest BCUT2D eigenvalue weighted by Crippen LogP contribution is -2.19. The van der Waals surface area contributed by atoms with E-state index in [0.717, 1.165) is 25.7 Å². The second kappa shape index (κ2) is 2.13. The van der Waals surface area contributed by atoms with Crippen molar-refractivity contribution < 1.29 is 4.79 Å². The highest BCUT2D eigenvalue weighted by molar-refractivity contribution is 5.86. The van der Waals surface area contributed by atoms with E-state index < -0.39 is 0 Å². The zero-order valence-electron chi connectivity index (χ0n) is 6.24. The quantitative estimate of drug-likeness (QED) is 0.526. The van der Waals surface area contributed by atoms with Crippen LogP contribution < -0.4 is 0 Å². The van der Waals surface area contributed by atoms with E-state index in [1.165, 1.54) is 0 Å². The predicted octanol–water partition coefficient (Wildman–Crippen LogP) is 2.16. The summed E-state index contributed by atoms with van der Waals surface area (Å²) in [6.45, 7) is 4.19. The van der Waals surface area contributed by atoms with Gasteiger partial charge in [0, 0.05) is 11.8 Å². The normalized spacial score (nSPS) is 35.6. The van der Waals surface area contributed by atoms with Crippen molar-refractivity contribution in [3.63, 3.8) is 0 Å². The summed E-state index contributed by atoms with van der Waals surface area (Å²) in [5.41, 5.74) is 0.0556. The molecule has 1 atom stereocenters. The molecule has 1 fully saturated rings. The molecule has 1 aliphatic rings. The Morgan fingerprint density at radius 2 is 2.33 bits per heavy atom. The summed E-state index contributed by atoms with van der Waals surface area (Å²) in [6.07, 6.45) is 4.07. The second-order valence-electron chi connectivity index (χ2n) is 3.19. The fraction of sp³-hybridized carbons (Fsp3) is 0.875. The molecule has 1 saturated carbocycles. The molecule has 1 unspecified atom stereocenters. The van der Waals surface area contributed by atoms with Crippen LogP contribution in [0.25, 0.3) is 0 Å². The van der Waals surface area contributed by atoms with E-state index in [-0.39, 0.29) is 5.41 Å². The number of carbonyl (C=O) groups excluding carboxylic acids is 1. The van der Waals surface area contributed by atoms with E-state index in [2.05, 4.69) is 13.8 Å². The lowest BCUT2D eigenvalue weighted by Gasteiger charge is -2.17. The first-order valence-electron chi connectivity index (χ1n) is 3.72. The van der Waals surface area contributed by atoms with Gasteiger partial charge in [0.05, 0.1) is 0 Å². The monoisotopic (exact) mass is 126 g/mol. The van der Waals surface area contributed by atoms with Gasteiger partial charge in [0.1, 0.15) is 5.78 Å². The van der Waals surface area contributed by atoms with Crippen LogP contribution in [0.1, 0.15) is 39.5 Å². The van der Waals surface area contributed by atoms with Crippen LogP contribution in [0.15, 0.2) is 0 Å². The van der Waals surface area contributed by atoms with Crippen molar-refractivity contribution in [3.05, 3.63) is 0 Å². The van der Waals surface area contributed by atoms with Crippen molar-refractivity contribution in [2.45, 2.75) is 39.5 Å². The van der Waals surface area contributed by atoms with Gasteiger partial charge in [-0.3, -0.25) is 4.79 Å². The van der Waals surface area contributed by atoms with Gasteiger partial charge >= 0.3 is 0 Å². The Labute approximate surface area is 56.4 Å². The summed E-state index contributed by atoms with van der Waals surface area (Å²) in [6, 6.07) is 0. The van der Waals surface area contributed by atoms with Crippen LogP contribution in [0, 0.1) is 5.41 Å². The molecule has 0 aliphatic heterocycles. The van der Waals surface area contributed by atoms with Gasteiger partial charge in [-0.15, -0.1) is 0 Å². The third-order valence-electron chi connectivity index (χ3n) is 2.59. The second-order valence-corrected chi connectivity index (χ2v) is 3.19. The Kier molecular flexibility index (Phi) is 1.60. The highest BCUT2D eigenvalue weighted by Crippen LogP contribution is 2.36. The first kappa shape index (κ1) is 6.79. The molecule has 0 aromatic heterocycles. The van der Waals surface area contributed by atoms with E-state index in [1.54, 1.807) is 0 Å². The highest BCUT2D eigenvalue weighted by atomic mass is 16.1. The maximum absolute atomic E-state index is 11.1. The molecule has 0 N–H and O–H groups in total. The first-order valence-corrected chi connectivity index (χ1v) is 3.72. The summed E-state index contributed by atoms with van der Waals surface area (Å²) < 4.78 is 0. The molecule has 0 saturated heterocycles. The predicted molar refractivity (Wildman–Crippen MR) is 37.3 cm³/mol. The molecule has 1 nitrogen and oxygen atoms in total. The lowest BCUT2D eigenvalue weighted by molar-refractivity contribution is -0.125. The lowest BCUT2D eigenvalue weighted by atomic mass is 9.85. The topological polar surface area (TPSA) is 17.1 Å². The molecule has 0 heterocycles. The van der Waals surface area contributed by atoms with Gasteiger partial charge in [-0.1, -0.05) is 13.8 Å². The zero-order chi connectivity index (χ0) is 6.91. The average Bonchev–Trinajstić information content (AvgIpc) is 2.15. The zero-order valence-corrected chi connectivity index (χ0v) is 6.24. The van der Waals surface area contributed by atoms with Crippen LogP contribution in [0.2, 0.25) is 0 Å². The van der Waals surface area contributed by atoms with Crippen LogP contribution in [-0.4, -0.2) is 5.78 Å². The van der Waals surface area contributed by atoms with Gasteiger partial charge in [-0.2, -0.15) is 0 Å². The van der Waals surface area contributed by atoms with Crippen molar-refractivity contribution in [2.24, 2.45) is 5.41 Å². The molecule has 1 aliphatic carbocycles. The van der Waals surface area contributed by atoms with Crippen molar-refractivity contribution >= 4 is 5.78 Å². The van der Waals surface area contributed by atoms with Gasteiger partial charge in [0.25, 0.3) is 0 Å². The molecule has 1 rings (SSSR count). The first-order chi connectivity index (χ1) is 4.19. The summed E-state index contributed by atoms with van der Waals surface area (Å²) in [7, 11) is 0. The SMILES string of the molecule is CCC1(C)CCCC1=O. The van der Waals surface area contributed by atoms with Crippen LogP contribution in [0.4, 0.5) is 0 Å². The van der Waals surface area contributed by atoms with E-state index in [0.29, 0.717) is 5.78 Å². The van der Waals surface area contributed by atoms with Crippen molar-refractivity contribution in [2.75, 3.05) is 0 Å². The molecule has 0 aromatic rings. The van der Waals surface area contributed by atoms with E-state index in [9.17, 15) is 4.79 Å². The van der Waals surface area contributed by atoms with Crippen molar-refractivity contribution in [1.82, 2.24) is 0 Å². The molecule has 0 radical (unpaired) electrons. The highest BCUT2D eigenvalue weighted by Gasteiger charge is 2.34. The minimum atomic E-state index is 0.0556. The van der Waals surface area contributed by atoms with Crippen LogP contribution in [0.5, 0.6) is 0 Å².